The summed E-state index contributed by atoms with van der Waals surface area (Å²) in [4.78, 5) is 19.0. The second kappa shape index (κ2) is 7.60. The Morgan fingerprint density at radius 3 is 2.89 bits per heavy atom. The zero-order valence-electron chi connectivity index (χ0n) is 14.5. The van der Waals surface area contributed by atoms with Crippen molar-refractivity contribution in [3.8, 4) is 5.75 Å². The summed E-state index contributed by atoms with van der Waals surface area (Å²) in [5.74, 6) is -1.74. The van der Waals surface area contributed by atoms with Gasteiger partial charge in [-0.3, -0.25) is 4.79 Å². The van der Waals surface area contributed by atoms with Crippen molar-refractivity contribution in [1.82, 2.24) is 9.88 Å². The first-order chi connectivity index (χ1) is 13.1. The van der Waals surface area contributed by atoms with E-state index < -0.39 is 11.6 Å². The molecule has 1 aliphatic rings. The summed E-state index contributed by atoms with van der Waals surface area (Å²) < 4.78 is 32.7. The van der Waals surface area contributed by atoms with Crippen LogP contribution in [-0.2, 0) is 4.79 Å². The fraction of sp³-hybridized carbons (Fsp3) is 0.300. The first-order valence-corrected chi connectivity index (χ1v) is 9.63. The van der Waals surface area contributed by atoms with Crippen molar-refractivity contribution in [2.45, 2.75) is 18.8 Å². The van der Waals surface area contributed by atoms with Crippen LogP contribution in [0.4, 0.5) is 8.78 Å². The van der Waals surface area contributed by atoms with Crippen LogP contribution in [0.2, 0.25) is 0 Å². The highest BCUT2D eigenvalue weighted by Gasteiger charge is 2.27. The number of hydrogen-bond acceptors (Lipinski definition) is 4. The molecule has 0 aliphatic carbocycles. The van der Waals surface area contributed by atoms with E-state index in [0.717, 1.165) is 40.2 Å². The lowest BCUT2D eigenvalue weighted by Gasteiger charge is -2.31. The number of rotatable bonds is 4. The van der Waals surface area contributed by atoms with E-state index in [4.69, 9.17) is 9.72 Å². The molecule has 27 heavy (non-hydrogen) atoms. The van der Waals surface area contributed by atoms with Crippen LogP contribution in [0.5, 0.6) is 5.75 Å². The molecule has 0 radical (unpaired) electrons. The van der Waals surface area contributed by atoms with Gasteiger partial charge in [0.15, 0.2) is 18.2 Å². The zero-order valence-corrected chi connectivity index (χ0v) is 15.3. The molecule has 0 spiro atoms. The normalized spacial score (nSPS) is 17.3. The Morgan fingerprint density at radius 1 is 1.22 bits per heavy atom. The summed E-state index contributed by atoms with van der Waals surface area (Å²) in [5, 5.41) is 1.05. The first-order valence-electron chi connectivity index (χ1n) is 8.81. The molecule has 4 rings (SSSR count). The van der Waals surface area contributed by atoms with Gasteiger partial charge in [0.2, 0.25) is 0 Å². The summed E-state index contributed by atoms with van der Waals surface area (Å²) in [5.41, 5.74) is 0.989. The number of hydrogen-bond donors (Lipinski definition) is 0. The van der Waals surface area contributed by atoms with Gasteiger partial charge in [-0.05, 0) is 37.1 Å². The number of ether oxygens (including phenoxy) is 1. The van der Waals surface area contributed by atoms with E-state index in [1.807, 2.05) is 18.2 Å². The van der Waals surface area contributed by atoms with Crippen molar-refractivity contribution in [3.05, 3.63) is 59.1 Å². The van der Waals surface area contributed by atoms with Crippen LogP contribution in [0.3, 0.4) is 0 Å². The highest BCUT2D eigenvalue weighted by Crippen LogP contribution is 2.33. The number of benzene rings is 2. The number of amides is 1. The predicted octanol–water partition coefficient (Wildman–Crippen LogP) is 4.36. The zero-order chi connectivity index (χ0) is 18.8. The third-order valence-electron chi connectivity index (χ3n) is 4.69. The molecule has 7 heteroatoms. The lowest BCUT2D eigenvalue weighted by molar-refractivity contribution is -0.134. The third-order valence-corrected chi connectivity index (χ3v) is 5.89. The largest absolute Gasteiger partial charge is 0.484 e. The fourth-order valence-electron chi connectivity index (χ4n) is 3.27. The van der Waals surface area contributed by atoms with E-state index in [2.05, 4.69) is 6.07 Å². The highest BCUT2D eigenvalue weighted by atomic mass is 32.1. The maximum Gasteiger partial charge on any atom is 0.260 e. The second-order valence-electron chi connectivity index (χ2n) is 6.56. The SMILES string of the molecule is O=C(COc1ccc(F)c(F)c1)N1CCC[C@@H](c2nc3ccccc3s2)C1. The summed E-state index contributed by atoms with van der Waals surface area (Å²) in [7, 11) is 0. The van der Waals surface area contributed by atoms with E-state index in [0.29, 0.717) is 13.1 Å². The van der Waals surface area contributed by atoms with E-state index in [1.54, 1.807) is 16.2 Å². The molecular weight excluding hydrogens is 370 g/mol. The van der Waals surface area contributed by atoms with E-state index >= 15 is 0 Å². The predicted molar refractivity (Wildman–Crippen MR) is 100 cm³/mol. The van der Waals surface area contributed by atoms with E-state index in [9.17, 15) is 13.6 Å². The summed E-state index contributed by atoms with van der Waals surface area (Å²) in [6.45, 7) is 1.07. The Balaban J connectivity index is 1.39. The molecule has 0 bridgehead atoms. The van der Waals surface area contributed by atoms with E-state index in [-0.39, 0.29) is 24.2 Å². The number of fused-ring (bicyclic) bond motifs is 1. The number of nitrogens with zero attached hydrogens (tertiary/aromatic N) is 2. The molecule has 0 saturated carbocycles. The Labute approximate surface area is 159 Å². The van der Waals surface area contributed by atoms with Gasteiger partial charge in [0.25, 0.3) is 5.91 Å². The van der Waals surface area contributed by atoms with Gasteiger partial charge in [-0.15, -0.1) is 11.3 Å². The first kappa shape index (κ1) is 17.9. The lowest BCUT2D eigenvalue weighted by atomic mass is 9.99. The summed E-state index contributed by atoms with van der Waals surface area (Å²) in [6.07, 6.45) is 1.89. The van der Waals surface area contributed by atoms with Gasteiger partial charge in [-0.25, -0.2) is 13.8 Å². The van der Waals surface area contributed by atoms with Crippen LogP contribution in [0.15, 0.2) is 42.5 Å². The van der Waals surface area contributed by atoms with Crippen molar-refractivity contribution in [3.63, 3.8) is 0 Å². The monoisotopic (exact) mass is 388 g/mol. The molecule has 0 unspecified atom stereocenters. The van der Waals surface area contributed by atoms with Crippen LogP contribution in [-0.4, -0.2) is 35.5 Å². The van der Waals surface area contributed by atoms with Crippen LogP contribution < -0.4 is 4.74 Å². The van der Waals surface area contributed by atoms with Crippen LogP contribution >= 0.6 is 11.3 Å². The molecule has 4 nitrogen and oxygen atoms in total. The molecule has 1 aromatic heterocycles. The molecule has 2 aromatic carbocycles. The summed E-state index contributed by atoms with van der Waals surface area (Å²) >= 11 is 1.67. The number of likely N-dealkylation sites (tertiary alicyclic amines) is 1. The average molecular weight is 388 g/mol. The smallest absolute Gasteiger partial charge is 0.260 e. The molecule has 3 aromatic rings. The van der Waals surface area contributed by atoms with Crippen molar-refractivity contribution in [2.75, 3.05) is 19.7 Å². The molecular formula is C20H18F2N2O2S. The van der Waals surface area contributed by atoms with Crippen molar-refractivity contribution in [2.24, 2.45) is 0 Å². The number of thiazole rings is 1. The van der Waals surface area contributed by atoms with Crippen LogP contribution in [0.1, 0.15) is 23.8 Å². The van der Waals surface area contributed by atoms with Gasteiger partial charge < -0.3 is 9.64 Å². The van der Waals surface area contributed by atoms with Crippen LogP contribution in [0.25, 0.3) is 10.2 Å². The number of carbonyl (C=O) groups excluding carboxylic acids is 1. The quantitative estimate of drug-likeness (QED) is 0.667. The minimum absolute atomic E-state index is 0.141. The standard InChI is InChI=1S/C20H18F2N2O2S/c21-15-8-7-14(10-16(15)22)26-12-19(25)24-9-3-4-13(11-24)20-23-17-5-1-2-6-18(17)27-20/h1-2,5-8,10,13H,3-4,9,11-12H2/t13-/m1/s1. The molecule has 2 heterocycles. The Bertz CT molecular complexity index is 943. The summed E-state index contributed by atoms with van der Waals surface area (Å²) in [6, 6.07) is 11.3. The highest BCUT2D eigenvalue weighted by molar-refractivity contribution is 7.18. The minimum Gasteiger partial charge on any atom is -0.484 e. The van der Waals surface area contributed by atoms with E-state index in [1.165, 1.54) is 6.07 Å². The molecule has 140 valence electrons. The van der Waals surface area contributed by atoms with Gasteiger partial charge in [-0.2, -0.15) is 0 Å². The number of piperidine rings is 1. The fourth-order valence-corrected chi connectivity index (χ4v) is 4.37. The molecule has 1 atom stereocenters. The second-order valence-corrected chi connectivity index (χ2v) is 7.63. The maximum absolute atomic E-state index is 13.2. The molecule has 1 saturated heterocycles. The van der Waals surface area contributed by atoms with Gasteiger partial charge in [0, 0.05) is 25.1 Å². The number of halogens is 2. The number of carbonyl (C=O) groups is 1. The minimum atomic E-state index is -0.992. The van der Waals surface area contributed by atoms with Crippen molar-refractivity contribution >= 4 is 27.5 Å². The molecule has 0 N–H and O–H groups in total. The van der Waals surface area contributed by atoms with Crippen molar-refractivity contribution < 1.29 is 18.3 Å². The van der Waals surface area contributed by atoms with Crippen LogP contribution in [0, 0.1) is 11.6 Å². The maximum atomic E-state index is 13.2. The number of aromatic nitrogens is 1. The van der Waals surface area contributed by atoms with Crippen molar-refractivity contribution in [1.29, 1.82) is 0 Å². The van der Waals surface area contributed by atoms with Gasteiger partial charge >= 0.3 is 0 Å². The third kappa shape index (κ3) is 3.93. The lowest BCUT2D eigenvalue weighted by Crippen LogP contribution is -2.41. The van der Waals surface area contributed by atoms with Gasteiger partial charge in [-0.1, -0.05) is 12.1 Å². The average Bonchev–Trinajstić information content (AvgIpc) is 3.13. The number of para-hydroxylation sites is 1. The topological polar surface area (TPSA) is 42.4 Å². The Kier molecular flexibility index (Phi) is 5.03. The molecule has 1 aliphatic heterocycles. The Morgan fingerprint density at radius 2 is 2.07 bits per heavy atom. The Hall–Kier alpha value is -2.54. The molecule has 1 amide bonds. The van der Waals surface area contributed by atoms with Gasteiger partial charge in [0.1, 0.15) is 5.75 Å². The molecule has 1 fully saturated rings. The van der Waals surface area contributed by atoms with Gasteiger partial charge in [0.05, 0.1) is 15.2 Å².